The van der Waals surface area contributed by atoms with Crippen LogP contribution in [0.15, 0.2) is 12.3 Å². The largest absolute Gasteiger partial charge is 0.417 e. The highest BCUT2D eigenvalue weighted by molar-refractivity contribution is 6.33. The summed E-state index contributed by atoms with van der Waals surface area (Å²) < 4.78 is 38.2. The summed E-state index contributed by atoms with van der Waals surface area (Å²) in [5.41, 5.74) is -0.865. The highest BCUT2D eigenvalue weighted by Gasteiger charge is 2.34. The molecule has 2 N–H and O–H groups in total. The summed E-state index contributed by atoms with van der Waals surface area (Å²) in [6.45, 7) is 3.98. The minimum Gasteiger partial charge on any atom is -0.353 e. The van der Waals surface area contributed by atoms with Gasteiger partial charge in [-0.15, -0.1) is 0 Å². The number of amides is 1. The number of alkyl halides is 3. The molecule has 0 spiro atoms. The first-order valence-electron chi connectivity index (χ1n) is 8.75. The molecule has 0 saturated carbocycles. The van der Waals surface area contributed by atoms with E-state index in [0.717, 1.165) is 31.6 Å². The molecule has 0 aliphatic carbocycles. The number of hydrogen-bond donors (Lipinski definition) is 2. The van der Waals surface area contributed by atoms with Gasteiger partial charge in [0.2, 0.25) is 5.91 Å². The standard InChI is InChI=1S/C17H22ClF3N4O/c1-10-6-11(2-4-22-10)16(26)24-13-3-5-25(9-13)15-14(18)7-12(8-23-15)17(19,20)21/h7-8,10-11,13,22H,2-6,9H2,1H3,(H,24,26)/t10-,11-,13?/m0/s1. The Morgan fingerprint density at radius 2 is 2.19 bits per heavy atom. The second-order valence-electron chi connectivity index (χ2n) is 7.04. The van der Waals surface area contributed by atoms with Gasteiger partial charge >= 0.3 is 6.18 Å². The van der Waals surface area contributed by atoms with E-state index in [1.807, 2.05) is 4.90 Å². The lowest BCUT2D eigenvalue weighted by molar-refractivity contribution is -0.137. The lowest BCUT2D eigenvalue weighted by Crippen LogP contribution is -2.46. The van der Waals surface area contributed by atoms with Crippen LogP contribution in [0.1, 0.15) is 31.7 Å². The van der Waals surface area contributed by atoms with Crippen molar-refractivity contribution in [1.82, 2.24) is 15.6 Å². The fourth-order valence-corrected chi connectivity index (χ4v) is 3.86. The molecule has 2 saturated heterocycles. The Kier molecular flexibility index (Phi) is 5.62. The first-order valence-corrected chi connectivity index (χ1v) is 9.13. The number of nitrogens with zero attached hydrogens (tertiary/aromatic N) is 2. The molecule has 1 amide bonds. The van der Waals surface area contributed by atoms with Crippen LogP contribution in [0.5, 0.6) is 0 Å². The van der Waals surface area contributed by atoms with Crippen molar-refractivity contribution < 1.29 is 18.0 Å². The van der Waals surface area contributed by atoms with Gasteiger partial charge in [0.1, 0.15) is 5.82 Å². The molecule has 9 heteroatoms. The second-order valence-corrected chi connectivity index (χ2v) is 7.45. The fourth-order valence-electron chi connectivity index (χ4n) is 3.58. The number of rotatable bonds is 3. The van der Waals surface area contributed by atoms with Crippen LogP contribution < -0.4 is 15.5 Å². The number of hydrogen-bond acceptors (Lipinski definition) is 4. The van der Waals surface area contributed by atoms with Gasteiger partial charge in [0.15, 0.2) is 0 Å². The number of carbonyl (C=O) groups excluding carboxylic acids is 1. The Hall–Kier alpha value is -1.54. The summed E-state index contributed by atoms with van der Waals surface area (Å²) in [6.07, 6.45) is -1.33. The van der Waals surface area contributed by atoms with E-state index in [1.165, 1.54) is 0 Å². The van der Waals surface area contributed by atoms with Gasteiger partial charge in [0.05, 0.1) is 10.6 Å². The Morgan fingerprint density at radius 3 is 2.85 bits per heavy atom. The Balaban J connectivity index is 1.59. The van der Waals surface area contributed by atoms with Gasteiger partial charge in [-0.2, -0.15) is 13.2 Å². The van der Waals surface area contributed by atoms with E-state index < -0.39 is 11.7 Å². The summed E-state index contributed by atoms with van der Waals surface area (Å²) in [4.78, 5) is 18.2. The lowest BCUT2D eigenvalue weighted by atomic mass is 9.92. The van der Waals surface area contributed by atoms with Crippen molar-refractivity contribution in [2.45, 2.75) is 44.4 Å². The summed E-state index contributed by atoms with van der Waals surface area (Å²) in [7, 11) is 0. The van der Waals surface area contributed by atoms with Crippen LogP contribution in [0.4, 0.5) is 19.0 Å². The molecule has 0 aromatic carbocycles. The van der Waals surface area contributed by atoms with Gasteiger partial charge in [-0.3, -0.25) is 4.79 Å². The normalized spacial score (nSPS) is 26.8. The average molecular weight is 391 g/mol. The third-order valence-electron chi connectivity index (χ3n) is 4.98. The summed E-state index contributed by atoms with van der Waals surface area (Å²) in [6, 6.07) is 1.18. The molecule has 1 aromatic rings. The molecule has 26 heavy (non-hydrogen) atoms. The third kappa shape index (κ3) is 4.40. The lowest BCUT2D eigenvalue weighted by Gasteiger charge is -2.28. The molecule has 3 heterocycles. The molecule has 0 radical (unpaired) electrons. The zero-order valence-electron chi connectivity index (χ0n) is 14.4. The van der Waals surface area contributed by atoms with Crippen LogP contribution in [-0.4, -0.2) is 42.6 Å². The maximum Gasteiger partial charge on any atom is 0.417 e. The van der Waals surface area contributed by atoms with E-state index in [9.17, 15) is 18.0 Å². The molecular weight excluding hydrogens is 369 g/mol. The van der Waals surface area contributed by atoms with Crippen molar-refractivity contribution in [2.24, 2.45) is 5.92 Å². The first kappa shape index (κ1) is 19.2. The van der Waals surface area contributed by atoms with Crippen molar-refractivity contribution in [3.8, 4) is 0 Å². The molecule has 0 bridgehead atoms. The Morgan fingerprint density at radius 1 is 1.42 bits per heavy atom. The van der Waals surface area contributed by atoms with Crippen LogP contribution >= 0.6 is 11.6 Å². The van der Waals surface area contributed by atoms with Crippen LogP contribution in [0, 0.1) is 5.92 Å². The zero-order chi connectivity index (χ0) is 18.9. The molecular formula is C17H22ClF3N4O. The van der Waals surface area contributed by atoms with E-state index in [1.54, 1.807) is 0 Å². The summed E-state index contributed by atoms with van der Waals surface area (Å²) in [5, 5.41) is 6.36. The van der Waals surface area contributed by atoms with Crippen LogP contribution in [0.2, 0.25) is 5.02 Å². The van der Waals surface area contributed by atoms with Gasteiger partial charge in [-0.1, -0.05) is 11.6 Å². The van der Waals surface area contributed by atoms with Crippen LogP contribution in [-0.2, 0) is 11.0 Å². The van der Waals surface area contributed by atoms with Gasteiger partial charge in [0, 0.05) is 37.3 Å². The molecule has 5 nitrogen and oxygen atoms in total. The summed E-state index contributed by atoms with van der Waals surface area (Å²) >= 11 is 6.01. The quantitative estimate of drug-likeness (QED) is 0.833. The zero-order valence-corrected chi connectivity index (χ0v) is 15.2. The number of pyridine rings is 1. The van der Waals surface area contributed by atoms with E-state index in [0.29, 0.717) is 31.4 Å². The third-order valence-corrected chi connectivity index (χ3v) is 5.26. The monoisotopic (exact) mass is 390 g/mol. The number of nitrogens with one attached hydrogen (secondary N) is 2. The number of halogens is 4. The second kappa shape index (κ2) is 7.60. The molecule has 3 atom stereocenters. The fraction of sp³-hybridized carbons (Fsp3) is 0.647. The van der Waals surface area contributed by atoms with E-state index in [4.69, 9.17) is 11.6 Å². The van der Waals surface area contributed by atoms with E-state index >= 15 is 0 Å². The average Bonchev–Trinajstić information content (AvgIpc) is 3.02. The van der Waals surface area contributed by atoms with Crippen molar-refractivity contribution in [3.63, 3.8) is 0 Å². The number of piperidine rings is 1. The number of aromatic nitrogens is 1. The van der Waals surface area contributed by atoms with Gasteiger partial charge in [-0.05, 0) is 38.8 Å². The highest BCUT2D eigenvalue weighted by atomic mass is 35.5. The highest BCUT2D eigenvalue weighted by Crippen LogP contribution is 2.34. The van der Waals surface area contributed by atoms with Crippen molar-refractivity contribution >= 4 is 23.3 Å². The van der Waals surface area contributed by atoms with Crippen LogP contribution in [0.3, 0.4) is 0 Å². The van der Waals surface area contributed by atoms with Gasteiger partial charge in [-0.25, -0.2) is 4.98 Å². The number of anilines is 1. The molecule has 2 aliphatic heterocycles. The topological polar surface area (TPSA) is 57.3 Å². The van der Waals surface area contributed by atoms with E-state index in [2.05, 4.69) is 22.5 Å². The Bertz CT molecular complexity index is 670. The molecule has 2 aliphatic rings. The minimum absolute atomic E-state index is 0.00748. The SMILES string of the molecule is C[C@H]1C[C@@H](C(=O)NC2CCN(c3ncc(C(F)(F)F)cc3Cl)C2)CCN1. The maximum atomic E-state index is 12.7. The van der Waals surface area contributed by atoms with Gasteiger partial charge in [0.25, 0.3) is 0 Å². The smallest absolute Gasteiger partial charge is 0.353 e. The molecule has 1 aromatic heterocycles. The Labute approximate surface area is 155 Å². The van der Waals surface area contributed by atoms with Crippen LogP contribution in [0.25, 0.3) is 0 Å². The molecule has 1 unspecified atom stereocenters. The predicted octanol–water partition coefficient (Wildman–Crippen LogP) is 2.84. The molecule has 2 fully saturated rings. The molecule has 144 valence electrons. The minimum atomic E-state index is -4.47. The van der Waals surface area contributed by atoms with Gasteiger partial charge < -0.3 is 15.5 Å². The van der Waals surface area contributed by atoms with Crippen molar-refractivity contribution in [3.05, 3.63) is 22.8 Å². The molecule has 3 rings (SSSR count). The maximum absolute atomic E-state index is 12.7. The first-order chi connectivity index (χ1) is 12.2. The van der Waals surface area contributed by atoms with Crippen molar-refractivity contribution in [2.75, 3.05) is 24.5 Å². The predicted molar refractivity (Wildman–Crippen MR) is 93.2 cm³/mol. The summed E-state index contributed by atoms with van der Waals surface area (Å²) in [5.74, 6) is 0.386. The number of carbonyl (C=O) groups is 1. The van der Waals surface area contributed by atoms with Crippen molar-refractivity contribution in [1.29, 1.82) is 0 Å². The van der Waals surface area contributed by atoms with E-state index in [-0.39, 0.29) is 22.9 Å².